The molecule has 3 aromatic rings. The van der Waals surface area contributed by atoms with Crippen molar-refractivity contribution in [1.29, 1.82) is 0 Å². The van der Waals surface area contributed by atoms with Gasteiger partial charge in [0.2, 0.25) is 0 Å². The number of pyridine rings is 1. The lowest BCUT2D eigenvalue weighted by atomic mass is 10.0. The first kappa shape index (κ1) is 22.7. The number of anilines is 1. The van der Waals surface area contributed by atoms with Crippen LogP contribution in [0.4, 0.5) is 5.82 Å². The summed E-state index contributed by atoms with van der Waals surface area (Å²) in [6, 6.07) is 8.67. The average Bonchev–Trinajstić information content (AvgIpc) is 3.27. The molecule has 0 saturated heterocycles. The first-order valence-corrected chi connectivity index (χ1v) is 10.4. The molecule has 4 N–H and O–H groups in total. The molecule has 0 aliphatic heterocycles. The van der Waals surface area contributed by atoms with Crippen molar-refractivity contribution in [2.24, 2.45) is 0 Å². The van der Waals surface area contributed by atoms with E-state index in [2.05, 4.69) is 20.6 Å². The van der Waals surface area contributed by atoms with Gasteiger partial charge in [-0.25, -0.2) is 9.97 Å². The Labute approximate surface area is 185 Å². The van der Waals surface area contributed by atoms with Gasteiger partial charge in [-0.05, 0) is 18.9 Å². The number of halogens is 1. The van der Waals surface area contributed by atoms with Crippen LogP contribution in [-0.4, -0.2) is 49.9 Å². The molecule has 31 heavy (non-hydrogen) atoms. The Kier molecular flexibility index (Phi) is 7.62. The van der Waals surface area contributed by atoms with E-state index in [1.54, 1.807) is 16.8 Å². The number of carbonyl (C=O) groups excluding carboxylic acids is 1. The van der Waals surface area contributed by atoms with Gasteiger partial charge >= 0.3 is 0 Å². The van der Waals surface area contributed by atoms with Crippen LogP contribution in [0.5, 0.6) is 0 Å². The summed E-state index contributed by atoms with van der Waals surface area (Å²) in [5.41, 5.74) is 2.64. The molecule has 0 radical (unpaired) electrons. The van der Waals surface area contributed by atoms with Crippen molar-refractivity contribution in [3.05, 3.63) is 70.9 Å². The fraction of sp³-hybridized carbons (Fsp3) is 0.318. The van der Waals surface area contributed by atoms with E-state index in [0.29, 0.717) is 16.5 Å². The molecule has 9 heteroatoms. The third-order valence-electron chi connectivity index (χ3n) is 4.93. The van der Waals surface area contributed by atoms with Crippen LogP contribution < -0.4 is 10.6 Å². The molecule has 0 saturated carbocycles. The predicted octanol–water partition coefficient (Wildman–Crippen LogP) is 2.88. The summed E-state index contributed by atoms with van der Waals surface area (Å²) in [5.74, 6) is 0.147. The fourth-order valence-electron chi connectivity index (χ4n) is 3.12. The second-order valence-electron chi connectivity index (χ2n) is 7.24. The maximum Gasteiger partial charge on any atom is 0.272 e. The Balaban J connectivity index is 1.78. The van der Waals surface area contributed by atoms with Crippen molar-refractivity contribution >= 4 is 23.3 Å². The van der Waals surface area contributed by atoms with Crippen LogP contribution in [0.3, 0.4) is 0 Å². The highest BCUT2D eigenvalue weighted by Crippen LogP contribution is 2.23. The Morgan fingerprint density at radius 2 is 2.03 bits per heavy atom. The van der Waals surface area contributed by atoms with Crippen LogP contribution in [0.25, 0.3) is 5.69 Å². The molecule has 1 aromatic carbocycles. The molecule has 0 aliphatic carbocycles. The van der Waals surface area contributed by atoms with Gasteiger partial charge in [0.15, 0.2) is 0 Å². The van der Waals surface area contributed by atoms with Crippen molar-refractivity contribution < 1.29 is 15.0 Å². The van der Waals surface area contributed by atoms with E-state index >= 15 is 0 Å². The number of aryl methyl sites for hydroxylation is 1. The maximum atomic E-state index is 12.7. The monoisotopic (exact) mass is 443 g/mol. The lowest BCUT2D eigenvalue weighted by Crippen LogP contribution is -2.31. The highest BCUT2D eigenvalue weighted by atomic mass is 35.5. The van der Waals surface area contributed by atoms with E-state index in [1.165, 1.54) is 12.5 Å². The summed E-state index contributed by atoms with van der Waals surface area (Å²) in [7, 11) is 0. The molecule has 3 rings (SSSR count). The summed E-state index contributed by atoms with van der Waals surface area (Å²) in [6.07, 6.45) is 5.29. The number of nitrogens with one attached hydrogen (secondary N) is 2. The molecule has 2 atom stereocenters. The standard InChI is InChI=1S/C22H26ClN5O3/c1-3-16(11-29)26-21-8-20(17(23)9-24-21)28-10-18(25-13-28)22(31)27-19(12-30)15-6-4-5-14(2)7-15/h4-10,13,16,19,29-30H,3,11-12H2,1-2H3,(H,24,26)(H,27,31)/t16-,19?/m1/s1. The normalized spacial score (nSPS) is 12.9. The van der Waals surface area contributed by atoms with Gasteiger partial charge in [-0.2, -0.15) is 0 Å². The predicted molar refractivity (Wildman–Crippen MR) is 120 cm³/mol. The average molecular weight is 444 g/mol. The Hall–Kier alpha value is -2.94. The Morgan fingerprint density at radius 3 is 2.71 bits per heavy atom. The maximum absolute atomic E-state index is 12.7. The van der Waals surface area contributed by atoms with Crippen molar-refractivity contribution in [3.8, 4) is 5.69 Å². The minimum Gasteiger partial charge on any atom is -0.394 e. The van der Waals surface area contributed by atoms with Gasteiger partial charge in [-0.15, -0.1) is 0 Å². The number of aromatic nitrogens is 3. The van der Waals surface area contributed by atoms with Crippen LogP contribution in [-0.2, 0) is 0 Å². The molecule has 0 bridgehead atoms. The number of nitrogens with zero attached hydrogens (tertiary/aromatic N) is 3. The summed E-state index contributed by atoms with van der Waals surface area (Å²) in [6.45, 7) is 3.66. The smallest absolute Gasteiger partial charge is 0.272 e. The van der Waals surface area contributed by atoms with Gasteiger partial charge in [0, 0.05) is 12.3 Å². The van der Waals surface area contributed by atoms with Gasteiger partial charge in [-0.3, -0.25) is 4.79 Å². The molecule has 164 valence electrons. The van der Waals surface area contributed by atoms with Crippen LogP contribution in [0.1, 0.15) is 41.0 Å². The molecule has 8 nitrogen and oxygen atoms in total. The zero-order chi connectivity index (χ0) is 22.4. The minimum atomic E-state index is -0.540. The lowest BCUT2D eigenvalue weighted by Gasteiger charge is -2.16. The summed E-state index contributed by atoms with van der Waals surface area (Å²) in [5, 5.41) is 25.5. The SMILES string of the molecule is CC[C@H](CO)Nc1cc(-n2cnc(C(=O)NC(CO)c3cccc(C)c3)c2)c(Cl)cn1. The molecule has 0 spiro atoms. The second-order valence-corrected chi connectivity index (χ2v) is 7.65. The zero-order valence-electron chi connectivity index (χ0n) is 17.4. The van der Waals surface area contributed by atoms with E-state index in [9.17, 15) is 15.0 Å². The van der Waals surface area contributed by atoms with Crippen molar-refractivity contribution in [1.82, 2.24) is 19.9 Å². The highest BCUT2D eigenvalue weighted by molar-refractivity contribution is 6.32. The van der Waals surface area contributed by atoms with Crippen LogP contribution in [0, 0.1) is 6.92 Å². The number of aliphatic hydroxyl groups is 2. The van der Waals surface area contributed by atoms with E-state index in [-0.39, 0.29) is 24.9 Å². The number of benzene rings is 1. The van der Waals surface area contributed by atoms with Gasteiger partial charge in [0.25, 0.3) is 5.91 Å². The molecular weight excluding hydrogens is 418 g/mol. The topological polar surface area (TPSA) is 112 Å². The summed E-state index contributed by atoms with van der Waals surface area (Å²) in [4.78, 5) is 21.1. The molecular formula is C22H26ClN5O3. The van der Waals surface area contributed by atoms with E-state index in [4.69, 9.17) is 11.6 Å². The van der Waals surface area contributed by atoms with Crippen molar-refractivity contribution in [2.45, 2.75) is 32.4 Å². The Bertz CT molecular complexity index is 1040. The summed E-state index contributed by atoms with van der Waals surface area (Å²) < 4.78 is 1.63. The number of aliphatic hydroxyl groups excluding tert-OH is 2. The fourth-order valence-corrected chi connectivity index (χ4v) is 3.32. The molecule has 0 fully saturated rings. The molecule has 2 heterocycles. The van der Waals surface area contributed by atoms with Gasteiger partial charge < -0.3 is 25.4 Å². The number of imidazole rings is 1. The highest BCUT2D eigenvalue weighted by Gasteiger charge is 2.18. The number of rotatable bonds is 9. The molecule has 0 aliphatic rings. The van der Waals surface area contributed by atoms with Gasteiger partial charge in [-0.1, -0.05) is 48.4 Å². The largest absolute Gasteiger partial charge is 0.394 e. The van der Waals surface area contributed by atoms with E-state index in [0.717, 1.165) is 17.5 Å². The van der Waals surface area contributed by atoms with Gasteiger partial charge in [0.1, 0.15) is 17.8 Å². The molecule has 1 amide bonds. The zero-order valence-corrected chi connectivity index (χ0v) is 18.2. The third-order valence-corrected chi connectivity index (χ3v) is 5.22. The lowest BCUT2D eigenvalue weighted by molar-refractivity contribution is 0.0911. The third kappa shape index (κ3) is 5.61. The van der Waals surface area contributed by atoms with E-state index < -0.39 is 11.9 Å². The molecule has 2 aromatic heterocycles. The minimum absolute atomic E-state index is 0.0154. The number of hydrogen-bond donors (Lipinski definition) is 4. The summed E-state index contributed by atoms with van der Waals surface area (Å²) >= 11 is 6.30. The first-order valence-electron chi connectivity index (χ1n) is 10.0. The van der Waals surface area contributed by atoms with Crippen molar-refractivity contribution in [3.63, 3.8) is 0 Å². The number of amides is 1. The van der Waals surface area contributed by atoms with E-state index in [1.807, 2.05) is 38.1 Å². The van der Waals surface area contributed by atoms with Crippen LogP contribution in [0.2, 0.25) is 5.02 Å². The Morgan fingerprint density at radius 1 is 1.23 bits per heavy atom. The molecule has 1 unspecified atom stereocenters. The van der Waals surface area contributed by atoms with Crippen molar-refractivity contribution in [2.75, 3.05) is 18.5 Å². The number of hydrogen-bond acceptors (Lipinski definition) is 6. The quantitative estimate of drug-likeness (QED) is 0.404. The second kappa shape index (κ2) is 10.4. The van der Waals surface area contributed by atoms with Gasteiger partial charge in [0.05, 0.1) is 42.2 Å². The van der Waals surface area contributed by atoms with Crippen LogP contribution >= 0.6 is 11.6 Å². The van der Waals surface area contributed by atoms with Crippen LogP contribution in [0.15, 0.2) is 49.1 Å². The first-order chi connectivity index (χ1) is 14.9. The number of carbonyl (C=O) groups is 1.